The number of hydrogen-bond acceptors (Lipinski definition) is 7. The van der Waals surface area contributed by atoms with Gasteiger partial charge in [-0.05, 0) is 25.0 Å². The molecule has 2 aromatic carbocycles. The molecule has 0 atom stereocenters. The van der Waals surface area contributed by atoms with Gasteiger partial charge in [0.2, 0.25) is 10.0 Å². The molecule has 0 fully saturated rings. The molecule has 31 heavy (non-hydrogen) atoms. The van der Waals surface area contributed by atoms with Gasteiger partial charge >= 0.3 is 0 Å². The zero-order valence-corrected chi connectivity index (χ0v) is 18.6. The summed E-state index contributed by atoms with van der Waals surface area (Å²) in [7, 11) is 0.754. The molecule has 0 N–H and O–H groups in total. The van der Waals surface area contributed by atoms with E-state index in [1.165, 1.54) is 16.4 Å². The fourth-order valence-corrected chi connectivity index (χ4v) is 4.91. The summed E-state index contributed by atoms with van der Waals surface area (Å²) in [6.07, 6.45) is 2.22. The number of methoxy groups -OCH3 is 3. The van der Waals surface area contributed by atoms with Crippen molar-refractivity contribution < 1.29 is 27.6 Å². The molecule has 0 bridgehead atoms. The summed E-state index contributed by atoms with van der Waals surface area (Å²) in [5.74, 6) is 1.71. The average Bonchev–Trinajstić information content (AvgIpc) is 2.78. The summed E-state index contributed by atoms with van der Waals surface area (Å²) in [5, 5.41) is 11.2. The van der Waals surface area contributed by atoms with E-state index in [0.717, 1.165) is 17.2 Å². The monoisotopic (exact) mass is 448 g/mol. The molecule has 10 heteroatoms. The number of hydrogen-bond donors (Lipinski definition) is 0. The predicted octanol–water partition coefficient (Wildman–Crippen LogP) is 3.41. The molecule has 9 nitrogen and oxygen atoms in total. The van der Waals surface area contributed by atoms with Crippen LogP contribution in [-0.2, 0) is 10.0 Å². The van der Waals surface area contributed by atoms with Gasteiger partial charge in [0.05, 0.1) is 36.7 Å². The second-order valence-electron chi connectivity index (χ2n) is 6.95. The molecule has 0 amide bonds. The van der Waals surface area contributed by atoms with Crippen LogP contribution in [0.15, 0.2) is 41.3 Å². The summed E-state index contributed by atoms with van der Waals surface area (Å²) < 4.78 is 43.7. The zero-order chi connectivity index (χ0) is 22.8. The molecule has 0 radical (unpaired) electrons. The molecule has 0 aliphatic carbocycles. The van der Waals surface area contributed by atoms with E-state index in [0.29, 0.717) is 29.2 Å². The first-order chi connectivity index (χ1) is 14.7. The van der Waals surface area contributed by atoms with Gasteiger partial charge in [-0.25, -0.2) is 8.42 Å². The van der Waals surface area contributed by atoms with Gasteiger partial charge in [-0.15, -0.1) is 0 Å². The lowest BCUT2D eigenvalue weighted by molar-refractivity contribution is -0.385. The van der Waals surface area contributed by atoms with E-state index in [1.54, 1.807) is 46.5 Å². The smallest absolute Gasteiger partial charge is 0.273 e. The second-order valence-corrected chi connectivity index (χ2v) is 8.89. The van der Waals surface area contributed by atoms with Crippen molar-refractivity contribution in [2.45, 2.75) is 18.2 Å². The van der Waals surface area contributed by atoms with Crippen molar-refractivity contribution in [1.82, 2.24) is 4.31 Å². The minimum absolute atomic E-state index is 0.0961. The highest BCUT2D eigenvalue weighted by molar-refractivity contribution is 7.89. The Bertz CT molecular complexity index is 1120. The van der Waals surface area contributed by atoms with Gasteiger partial charge in [-0.2, -0.15) is 4.31 Å². The second kappa shape index (κ2) is 8.94. The van der Waals surface area contributed by atoms with Gasteiger partial charge < -0.3 is 14.2 Å². The van der Waals surface area contributed by atoms with Crippen molar-refractivity contribution in [2.75, 3.05) is 34.4 Å². The average molecular weight is 448 g/mol. The first-order valence-corrected chi connectivity index (χ1v) is 10.9. The summed E-state index contributed by atoms with van der Waals surface area (Å²) in [6.45, 7) is 1.91. The fraction of sp³-hybridized carbons (Fsp3) is 0.333. The lowest BCUT2D eigenvalue weighted by Crippen LogP contribution is -2.34. The Kier molecular flexibility index (Phi) is 6.51. The Morgan fingerprint density at radius 1 is 1.03 bits per heavy atom. The molecule has 1 aliphatic rings. The highest BCUT2D eigenvalue weighted by Crippen LogP contribution is 2.41. The molecule has 0 aromatic heterocycles. The molecule has 0 unspecified atom stereocenters. The maximum atomic E-state index is 13.1. The van der Waals surface area contributed by atoms with E-state index in [-0.39, 0.29) is 23.7 Å². The van der Waals surface area contributed by atoms with E-state index in [4.69, 9.17) is 14.2 Å². The van der Waals surface area contributed by atoms with Crippen LogP contribution in [0.2, 0.25) is 0 Å². The highest BCUT2D eigenvalue weighted by Gasteiger charge is 2.29. The van der Waals surface area contributed by atoms with Gasteiger partial charge in [0.15, 0.2) is 0 Å². The van der Waals surface area contributed by atoms with Crippen molar-refractivity contribution in [1.29, 1.82) is 0 Å². The fourth-order valence-electron chi connectivity index (χ4n) is 3.51. The number of nitro benzene ring substituents is 1. The van der Waals surface area contributed by atoms with Crippen LogP contribution in [0.4, 0.5) is 5.69 Å². The third kappa shape index (κ3) is 4.35. The third-order valence-corrected chi connectivity index (χ3v) is 7.08. The highest BCUT2D eigenvalue weighted by atomic mass is 32.2. The van der Waals surface area contributed by atoms with Crippen molar-refractivity contribution in [3.63, 3.8) is 0 Å². The number of nitrogens with zero attached hydrogens (tertiary/aromatic N) is 2. The molecule has 1 aliphatic heterocycles. The van der Waals surface area contributed by atoms with E-state index in [2.05, 4.69) is 0 Å². The SMILES string of the molecule is COc1cc(OC)c(C2=CCN(S(=O)(=O)c3ccc(C)c([N+](=O)[O-])c3)CC2)c(OC)c1. The number of sulfonamides is 1. The Morgan fingerprint density at radius 3 is 2.16 bits per heavy atom. The topological polar surface area (TPSA) is 108 Å². The number of nitro groups is 1. The Hall–Kier alpha value is -3.11. The molecule has 2 aromatic rings. The predicted molar refractivity (Wildman–Crippen MR) is 115 cm³/mol. The van der Waals surface area contributed by atoms with Crippen LogP contribution in [0, 0.1) is 17.0 Å². The Balaban J connectivity index is 1.93. The first-order valence-electron chi connectivity index (χ1n) is 9.47. The third-order valence-electron chi connectivity index (χ3n) is 5.22. The van der Waals surface area contributed by atoms with Gasteiger partial charge in [0.1, 0.15) is 17.2 Å². The molecule has 0 spiro atoms. The van der Waals surface area contributed by atoms with E-state index < -0.39 is 14.9 Å². The van der Waals surface area contributed by atoms with Gasteiger partial charge in [0.25, 0.3) is 5.69 Å². The van der Waals surface area contributed by atoms with Crippen LogP contribution >= 0.6 is 0 Å². The summed E-state index contributed by atoms with van der Waals surface area (Å²) in [4.78, 5) is 10.5. The summed E-state index contributed by atoms with van der Waals surface area (Å²) in [6, 6.07) is 7.44. The largest absolute Gasteiger partial charge is 0.496 e. The zero-order valence-electron chi connectivity index (χ0n) is 17.7. The molecule has 0 saturated carbocycles. The Morgan fingerprint density at radius 2 is 1.68 bits per heavy atom. The molecular formula is C21H24N2O7S. The van der Waals surface area contributed by atoms with Crippen LogP contribution in [-0.4, -0.2) is 52.1 Å². The minimum atomic E-state index is -3.88. The maximum absolute atomic E-state index is 13.1. The number of aryl methyl sites for hydroxylation is 1. The van der Waals surface area contributed by atoms with Gasteiger partial charge in [-0.1, -0.05) is 12.1 Å². The van der Waals surface area contributed by atoms with E-state index in [9.17, 15) is 18.5 Å². The van der Waals surface area contributed by atoms with E-state index >= 15 is 0 Å². The minimum Gasteiger partial charge on any atom is -0.496 e. The number of ether oxygens (including phenoxy) is 3. The maximum Gasteiger partial charge on any atom is 0.273 e. The molecule has 1 heterocycles. The van der Waals surface area contributed by atoms with Gasteiger partial charge in [0, 0.05) is 36.9 Å². The molecule has 0 saturated heterocycles. The van der Waals surface area contributed by atoms with Crippen LogP contribution in [0.5, 0.6) is 17.2 Å². The van der Waals surface area contributed by atoms with Crippen molar-refractivity contribution in [3.05, 3.63) is 57.6 Å². The lowest BCUT2D eigenvalue weighted by Gasteiger charge is -2.27. The van der Waals surface area contributed by atoms with Crippen LogP contribution < -0.4 is 14.2 Å². The quantitative estimate of drug-likeness (QED) is 0.472. The summed E-state index contributed by atoms with van der Waals surface area (Å²) >= 11 is 0. The summed E-state index contributed by atoms with van der Waals surface area (Å²) in [5.41, 5.74) is 1.82. The lowest BCUT2D eigenvalue weighted by atomic mass is 9.98. The normalized spacial score (nSPS) is 14.6. The van der Waals surface area contributed by atoms with Crippen LogP contribution in [0.25, 0.3) is 5.57 Å². The molecular weight excluding hydrogens is 424 g/mol. The van der Waals surface area contributed by atoms with Gasteiger partial charge in [-0.3, -0.25) is 10.1 Å². The standard InChI is InChI=1S/C21H24N2O7S/c1-14-5-6-17(13-18(14)23(24)25)31(26,27)22-9-7-15(8-10-22)21-19(29-3)11-16(28-2)12-20(21)30-4/h5-7,11-13H,8-10H2,1-4H3. The molecule has 166 valence electrons. The van der Waals surface area contributed by atoms with Crippen LogP contribution in [0.3, 0.4) is 0 Å². The first kappa shape index (κ1) is 22.6. The molecule has 3 rings (SSSR count). The van der Waals surface area contributed by atoms with E-state index in [1.807, 2.05) is 0 Å². The van der Waals surface area contributed by atoms with Crippen molar-refractivity contribution in [3.8, 4) is 17.2 Å². The Labute approximate surface area is 181 Å². The van der Waals surface area contributed by atoms with Crippen LogP contribution in [0.1, 0.15) is 17.5 Å². The van der Waals surface area contributed by atoms with Crippen molar-refractivity contribution >= 4 is 21.3 Å². The number of rotatable bonds is 7. The number of benzene rings is 2. The van der Waals surface area contributed by atoms with Crippen molar-refractivity contribution in [2.24, 2.45) is 0 Å².